The predicted octanol–water partition coefficient (Wildman–Crippen LogP) is 3.44. The molecule has 3 aromatic carbocycles. The Hall–Kier alpha value is -4.13. The molecular weight excluding hydrogens is 420 g/mol. The van der Waals surface area contributed by atoms with Gasteiger partial charge in [0.2, 0.25) is 0 Å². The molecule has 170 valence electrons. The summed E-state index contributed by atoms with van der Waals surface area (Å²) >= 11 is 0. The van der Waals surface area contributed by atoms with Gasteiger partial charge in [-0.2, -0.15) is 0 Å². The summed E-state index contributed by atoms with van der Waals surface area (Å²) in [5, 5.41) is 2.69. The van der Waals surface area contributed by atoms with Crippen LogP contribution in [0.4, 0.5) is 0 Å². The number of methoxy groups -OCH3 is 1. The number of nitrogens with one attached hydrogen (secondary N) is 1. The van der Waals surface area contributed by atoms with Crippen LogP contribution in [0, 0.1) is 0 Å². The SMILES string of the molecule is COc1ccccc1CNC(=O)COC(=O)c1ccccc1C(=O)N(C)Cc1ccccc1. The number of ether oxygens (including phenoxy) is 2. The minimum atomic E-state index is -0.737. The number of carbonyl (C=O) groups is 3. The molecule has 0 unspecified atom stereocenters. The smallest absolute Gasteiger partial charge is 0.339 e. The molecule has 0 aliphatic rings. The zero-order valence-corrected chi connectivity index (χ0v) is 18.6. The molecule has 0 heterocycles. The molecule has 0 atom stereocenters. The maximum Gasteiger partial charge on any atom is 0.339 e. The number of benzene rings is 3. The van der Waals surface area contributed by atoms with E-state index in [1.807, 2.05) is 48.5 Å². The number of carbonyl (C=O) groups excluding carboxylic acids is 3. The fraction of sp³-hybridized carbons (Fsp3) is 0.192. The summed E-state index contributed by atoms with van der Waals surface area (Å²) in [5.74, 6) is -0.854. The van der Waals surface area contributed by atoms with Gasteiger partial charge in [0.05, 0.1) is 18.2 Å². The maximum absolute atomic E-state index is 13.0. The van der Waals surface area contributed by atoms with E-state index in [-0.39, 0.29) is 23.6 Å². The monoisotopic (exact) mass is 446 g/mol. The third-order valence-corrected chi connectivity index (χ3v) is 4.99. The first-order chi connectivity index (χ1) is 16.0. The van der Waals surface area contributed by atoms with Crippen LogP contribution in [-0.4, -0.2) is 43.4 Å². The van der Waals surface area contributed by atoms with Gasteiger partial charge >= 0.3 is 5.97 Å². The molecule has 0 fully saturated rings. The van der Waals surface area contributed by atoms with Crippen LogP contribution in [-0.2, 0) is 22.6 Å². The molecule has 7 nitrogen and oxygen atoms in total. The van der Waals surface area contributed by atoms with Crippen molar-refractivity contribution in [3.8, 4) is 5.75 Å². The molecule has 3 aromatic rings. The van der Waals surface area contributed by atoms with Gasteiger partial charge in [0.15, 0.2) is 6.61 Å². The van der Waals surface area contributed by atoms with Crippen molar-refractivity contribution in [1.29, 1.82) is 0 Å². The highest BCUT2D eigenvalue weighted by atomic mass is 16.5. The van der Waals surface area contributed by atoms with Crippen molar-refractivity contribution in [2.24, 2.45) is 0 Å². The summed E-state index contributed by atoms with van der Waals surface area (Å²) < 4.78 is 10.4. The normalized spacial score (nSPS) is 10.2. The van der Waals surface area contributed by atoms with E-state index < -0.39 is 18.5 Å². The Morgan fingerprint density at radius 1 is 0.848 bits per heavy atom. The second-order valence-corrected chi connectivity index (χ2v) is 7.36. The van der Waals surface area contributed by atoms with Crippen LogP contribution in [0.15, 0.2) is 78.9 Å². The average molecular weight is 447 g/mol. The molecule has 0 saturated heterocycles. The summed E-state index contributed by atoms with van der Waals surface area (Å²) in [6.07, 6.45) is 0. The first-order valence-electron chi connectivity index (χ1n) is 10.4. The van der Waals surface area contributed by atoms with E-state index in [1.165, 1.54) is 11.0 Å². The highest BCUT2D eigenvalue weighted by Gasteiger charge is 2.21. The highest BCUT2D eigenvalue weighted by Crippen LogP contribution is 2.17. The van der Waals surface area contributed by atoms with Crippen molar-refractivity contribution < 1.29 is 23.9 Å². The molecular formula is C26H26N2O5. The van der Waals surface area contributed by atoms with Gasteiger partial charge in [-0.15, -0.1) is 0 Å². The predicted molar refractivity (Wildman–Crippen MR) is 124 cm³/mol. The van der Waals surface area contributed by atoms with Crippen molar-refractivity contribution in [2.45, 2.75) is 13.1 Å². The molecule has 2 amide bonds. The first-order valence-corrected chi connectivity index (χ1v) is 10.4. The Labute approximate surface area is 192 Å². The summed E-state index contributed by atoms with van der Waals surface area (Å²) in [4.78, 5) is 39.3. The van der Waals surface area contributed by atoms with Crippen molar-refractivity contribution in [3.05, 3.63) is 101 Å². The number of esters is 1. The van der Waals surface area contributed by atoms with Crippen molar-refractivity contribution in [1.82, 2.24) is 10.2 Å². The summed E-state index contributed by atoms with van der Waals surface area (Å²) in [6.45, 7) is 0.171. The third-order valence-electron chi connectivity index (χ3n) is 4.99. The Morgan fingerprint density at radius 2 is 1.48 bits per heavy atom. The Morgan fingerprint density at radius 3 is 2.21 bits per heavy atom. The van der Waals surface area contributed by atoms with Gasteiger partial charge in [0, 0.05) is 25.7 Å². The second kappa shape index (κ2) is 11.5. The zero-order valence-electron chi connectivity index (χ0n) is 18.6. The van der Waals surface area contributed by atoms with Gasteiger partial charge in [0.25, 0.3) is 11.8 Å². The lowest BCUT2D eigenvalue weighted by atomic mass is 10.1. The molecule has 0 saturated carbocycles. The molecule has 0 bridgehead atoms. The number of hydrogen-bond acceptors (Lipinski definition) is 5. The molecule has 3 rings (SSSR count). The van der Waals surface area contributed by atoms with Crippen molar-refractivity contribution in [3.63, 3.8) is 0 Å². The Kier molecular flexibility index (Phi) is 8.18. The van der Waals surface area contributed by atoms with Crippen LogP contribution < -0.4 is 10.1 Å². The van der Waals surface area contributed by atoms with Crippen LogP contribution in [0.25, 0.3) is 0 Å². The molecule has 33 heavy (non-hydrogen) atoms. The van der Waals surface area contributed by atoms with E-state index in [0.29, 0.717) is 12.3 Å². The van der Waals surface area contributed by atoms with Gasteiger partial charge in [-0.05, 0) is 23.8 Å². The van der Waals surface area contributed by atoms with Gasteiger partial charge in [-0.1, -0.05) is 60.7 Å². The second-order valence-electron chi connectivity index (χ2n) is 7.36. The van der Waals surface area contributed by atoms with Gasteiger partial charge < -0.3 is 19.7 Å². The fourth-order valence-corrected chi connectivity index (χ4v) is 3.29. The Bertz CT molecular complexity index is 1110. The van der Waals surface area contributed by atoms with Crippen LogP contribution in [0.1, 0.15) is 31.8 Å². The fourth-order valence-electron chi connectivity index (χ4n) is 3.29. The van der Waals surface area contributed by atoms with E-state index in [4.69, 9.17) is 9.47 Å². The Balaban J connectivity index is 1.59. The van der Waals surface area contributed by atoms with Crippen LogP contribution in [0.5, 0.6) is 5.75 Å². The van der Waals surface area contributed by atoms with Crippen LogP contribution in [0.3, 0.4) is 0 Å². The van der Waals surface area contributed by atoms with Gasteiger partial charge in [-0.3, -0.25) is 9.59 Å². The number of amides is 2. The number of nitrogens with zero attached hydrogens (tertiary/aromatic N) is 1. The van der Waals surface area contributed by atoms with Crippen LogP contribution in [0.2, 0.25) is 0 Å². The average Bonchev–Trinajstić information content (AvgIpc) is 2.86. The van der Waals surface area contributed by atoms with Crippen molar-refractivity contribution >= 4 is 17.8 Å². The quantitative estimate of drug-likeness (QED) is 0.509. The molecule has 0 spiro atoms. The summed E-state index contributed by atoms with van der Waals surface area (Å²) in [7, 11) is 3.22. The summed E-state index contributed by atoms with van der Waals surface area (Å²) in [5.41, 5.74) is 2.10. The number of hydrogen-bond donors (Lipinski definition) is 1. The standard InChI is InChI=1S/C26H26N2O5/c1-28(17-19-10-4-3-5-11-19)25(30)21-13-7-8-14-22(21)26(31)33-18-24(29)27-16-20-12-6-9-15-23(20)32-2/h3-15H,16-18H2,1-2H3,(H,27,29). The van der Waals surface area contributed by atoms with Crippen molar-refractivity contribution in [2.75, 3.05) is 20.8 Å². The van der Waals surface area contributed by atoms with E-state index >= 15 is 0 Å². The number of rotatable bonds is 9. The van der Waals surface area contributed by atoms with E-state index in [1.54, 1.807) is 38.4 Å². The number of para-hydroxylation sites is 1. The molecule has 0 aromatic heterocycles. The topological polar surface area (TPSA) is 84.9 Å². The lowest BCUT2D eigenvalue weighted by molar-refractivity contribution is -0.124. The minimum Gasteiger partial charge on any atom is -0.496 e. The summed E-state index contributed by atoms with van der Waals surface area (Å²) in [6, 6.07) is 23.3. The van der Waals surface area contributed by atoms with Gasteiger partial charge in [0.1, 0.15) is 5.75 Å². The molecule has 0 radical (unpaired) electrons. The highest BCUT2D eigenvalue weighted by molar-refractivity contribution is 6.05. The van der Waals surface area contributed by atoms with Gasteiger partial charge in [-0.25, -0.2) is 4.79 Å². The third kappa shape index (κ3) is 6.43. The minimum absolute atomic E-state index is 0.111. The maximum atomic E-state index is 13.0. The van der Waals surface area contributed by atoms with E-state index in [0.717, 1.165) is 11.1 Å². The van der Waals surface area contributed by atoms with E-state index in [2.05, 4.69) is 5.32 Å². The lowest BCUT2D eigenvalue weighted by Crippen LogP contribution is -2.30. The largest absolute Gasteiger partial charge is 0.496 e. The molecule has 7 heteroatoms. The molecule has 1 N–H and O–H groups in total. The zero-order chi connectivity index (χ0) is 23.6. The molecule has 0 aliphatic heterocycles. The lowest BCUT2D eigenvalue weighted by Gasteiger charge is -2.19. The molecule has 0 aliphatic carbocycles. The van der Waals surface area contributed by atoms with Crippen LogP contribution >= 0.6 is 0 Å². The first kappa shape index (κ1) is 23.5. The van der Waals surface area contributed by atoms with E-state index in [9.17, 15) is 14.4 Å².